The molecule has 0 saturated carbocycles. The molecule has 7 aromatic rings. The molecule has 0 atom stereocenters. The number of fused-ring (bicyclic) bond motifs is 2. The number of nitrogens with one attached hydrogen (secondary N) is 5. The van der Waals surface area contributed by atoms with Crippen molar-refractivity contribution in [1.29, 1.82) is 0 Å². The fourth-order valence-corrected chi connectivity index (χ4v) is 6.65. The Morgan fingerprint density at radius 3 is 1.91 bits per heavy atom. The van der Waals surface area contributed by atoms with Crippen LogP contribution in [0.5, 0.6) is 0 Å². The molecule has 3 heterocycles. The Morgan fingerprint density at radius 1 is 0.696 bits per heavy atom. The molecule has 0 aliphatic carbocycles. The minimum Gasteiger partial charge on any atom is -0.391 e. The van der Waals surface area contributed by atoms with Crippen LogP contribution >= 0.6 is 0 Å². The number of rotatable bonds is 16. The van der Waals surface area contributed by atoms with Crippen LogP contribution in [0.2, 0.25) is 0 Å². The summed E-state index contributed by atoms with van der Waals surface area (Å²) >= 11 is 0. The second-order valence-corrected chi connectivity index (χ2v) is 14.9. The summed E-state index contributed by atoms with van der Waals surface area (Å²) in [6, 6.07) is 17.9. The van der Waals surface area contributed by atoms with E-state index in [0.29, 0.717) is 29.2 Å². The first kappa shape index (κ1) is 49.6. The zero-order chi connectivity index (χ0) is 49.5. The summed E-state index contributed by atoms with van der Waals surface area (Å²) in [4.78, 5) is 71.4. The molecule has 20 heteroatoms. The first-order valence-corrected chi connectivity index (χ1v) is 21.2. The Bertz CT molecular complexity index is 3170. The van der Waals surface area contributed by atoms with Gasteiger partial charge in [0, 0.05) is 68.8 Å². The molecule has 0 spiro atoms. The maximum Gasteiger partial charge on any atom is 0.266 e. The minimum atomic E-state index is -1.01. The Hall–Kier alpha value is -8.81. The van der Waals surface area contributed by atoms with Gasteiger partial charge in [-0.05, 0) is 77.2 Å². The van der Waals surface area contributed by atoms with E-state index in [4.69, 9.17) is 5.73 Å². The van der Waals surface area contributed by atoms with Gasteiger partial charge in [-0.1, -0.05) is 55.5 Å². The van der Waals surface area contributed by atoms with Crippen molar-refractivity contribution in [2.24, 2.45) is 0 Å². The number of carbonyl (C=O) groups excluding carboxylic acids is 3. The predicted octanol–water partition coefficient (Wildman–Crippen LogP) is 5.82. The molecule has 16 nitrogen and oxygen atoms in total. The van der Waals surface area contributed by atoms with E-state index in [1.54, 1.807) is 45.6 Å². The second kappa shape index (κ2) is 23.6. The van der Waals surface area contributed by atoms with Gasteiger partial charge in [-0.15, -0.1) is 0 Å². The maximum absolute atomic E-state index is 13.4. The SMILES string of the molecule is CC/C(NC)=C(\C(=O)NC/C=C/c1ccc2nc(N)ncc2c1)C(=O)NCc1ccc(F)c(F)c1.CNc1ncc2cc(/C=C/CNC(=O)c3cncn(Cc4ccc(F)c(F)c4)c3=O)ccc2n1. The van der Waals surface area contributed by atoms with Gasteiger partial charge in [-0.3, -0.25) is 23.7 Å². The van der Waals surface area contributed by atoms with E-state index in [2.05, 4.69) is 51.5 Å². The van der Waals surface area contributed by atoms with Crippen molar-refractivity contribution in [2.75, 3.05) is 38.2 Å². The van der Waals surface area contributed by atoms with Crippen LogP contribution in [-0.4, -0.2) is 74.4 Å². The summed E-state index contributed by atoms with van der Waals surface area (Å²) in [6.45, 7) is 2.05. The summed E-state index contributed by atoms with van der Waals surface area (Å²) in [5.74, 6) is -5.01. The highest BCUT2D eigenvalue weighted by Gasteiger charge is 2.22. The maximum atomic E-state index is 13.4. The molecule has 0 radical (unpaired) electrons. The molecule has 0 aliphatic heterocycles. The third kappa shape index (κ3) is 13.4. The molecule has 354 valence electrons. The number of carbonyl (C=O) groups is 3. The fraction of sp³-hybridized carbons (Fsp3) is 0.163. The number of hydrogen-bond donors (Lipinski definition) is 6. The highest BCUT2D eigenvalue weighted by Crippen LogP contribution is 2.17. The smallest absolute Gasteiger partial charge is 0.266 e. The van der Waals surface area contributed by atoms with E-state index in [1.165, 1.54) is 24.7 Å². The number of anilines is 2. The molecule has 3 aromatic heterocycles. The van der Waals surface area contributed by atoms with Crippen LogP contribution in [0.15, 0.2) is 126 Å². The van der Waals surface area contributed by atoms with Gasteiger partial charge in [-0.25, -0.2) is 42.5 Å². The third-order valence-electron chi connectivity index (χ3n) is 10.2. The molecule has 0 fully saturated rings. The molecule has 3 amide bonds. The van der Waals surface area contributed by atoms with Gasteiger partial charge in [0.15, 0.2) is 23.3 Å². The zero-order valence-electron chi connectivity index (χ0n) is 37.5. The number of allylic oxidation sites excluding steroid dienone is 1. The van der Waals surface area contributed by atoms with Gasteiger partial charge in [0.2, 0.25) is 11.9 Å². The number of nitrogens with two attached hydrogens (primary N) is 1. The summed E-state index contributed by atoms with van der Waals surface area (Å²) in [5.41, 5.74) is 9.27. The van der Waals surface area contributed by atoms with Crippen molar-refractivity contribution >= 4 is 63.6 Å². The number of amides is 3. The van der Waals surface area contributed by atoms with E-state index < -0.39 is 46.5 Å². The molecule has 69 heavy (non-hydrogen) atoms. The summed E-state index contributed by atoms with van der Waals surface area (Å²) < 4.78 is 54.3. The number of aromatic nitrogens is 6. The average molecular weight is 943 g/mol. The number of nitrogen functional groups attached to an aromatic ring is 1. The highest BCUT2D eigenvalue weighted by molar-refractivity contribution is 6.19. The molecule has 0 bridgehead atoms. The van der Waals surface area contributed by atoms with E-state index in [-0.39, 0.29) is 43.3 Å². The van der Waals surface area contributed by atoms with Gasteiger partial charge >= 0.3 is 0 Å². The lowest BCUT2D eigenvalue weighted by molar-refractivity contribution is -0.123. The summed E-state index contributed by atoms with van der Waals surface area (Å²) in [7, 11) is 3.37. The van der Waals surface area contributed by atoms with Crippen molar-refractivity contribution in [1.82, 2.24) is 50.8 Å². The molecule has 7 rings (SSSR count). The van der Waals surface area contributed by atoms with Crippen LogP contribution in [0.1, 0.15) is 46.0 Å². The quantitative estimate of drug-likeness (QED) is 0.0292. The normalized spacial score (nSPS) is 11.5. The lowest BCUT2D eigenvalue weighted by atomic mass is 10.1. The Balaban J connectivity index is 0.000000227. The molecule has 0 saturated heterocycles. The second-order valence-electron chi connectivity index (χ2n) is 14.9. The molecular formula is C49H46F4N12O4. The van der Waals surface area contributed by atoms with Crippen molar-refractivity contribution in [2.45, 2.75) is 26.4 Å². The Morgan fingerprint density at radius 2 is 1.29 bits per heavy atom. The zero-order valence-corrected chi connectivity index (χ0v) is 37.5. The van der Waals surface area contributed by atoms with E-state index in [1.807, 2.05) is 48.6 Å². The topological polar surface area (TPSA) is 224 Å². The fourth-order valence-electron chi connectivity index (χ4n) is 6.65. The molecule has 0 unspecified atom stereocenters. The molecule has 0 aliphatic rings. The monoisotopic (exact) mass is 942 g/mol. The predicted molar refractivity (Wildman–Crippen MR) is 255 cm³/mol. The largest absolute Gasteiger partial charge is 0.391 e. The lowest BCUT2D eigenvalue weighted by Crippen LogP contribution is -2.37. The molecule has 4 aromatic carbocycles. The number of benzene rings is 4. The van der Waals surface area contributed by atoms with Crippen LogP contribution in [0, 0.1) is 23.3 Å². The Labute approximate surface area is 392 Å². The lowest BCUT2D eigenvalue weighted by Gasteiger charge is -2.14. The van der Waals surface area contributed by atoms with Crippen molar-refractivity contribution in [3.63, 3.8) is 0 Å². The number of halogens is 4. The minimum absolute atomic E-state index is 0.0501. The number of hydrogen-bond acceptors (Lipinski definition) is 12. The van der Waals surface area contributed by atoms with Gasteiger partial charge < -0.3 is 32.3 Å². The first-order valence-electron chi connectivity index (χ1n) is 21.2. The molecular weight excluding hydrogens is 897 g/mol. The van der Waals surface area contributed by atoms with Gasteiger partial charge in [0.05, 0.1) is 23.9 Å². The van der Waals surface area contributed by atoms with E-state index in [9.17, 15) is 36.7 Å². The standard InChI is InChI=1S/C25H26F2N6O2.C24H20F2N6O2/c1-3-20(29-2)22(24(35)31-13-16-6-8-18(26)19(27)12-16)23(34)30-10-4-5-15-7-9-21-17(11-15)14-32-25(28)33-21;1-27-24-30-11-17-9-15(5-7-21(17)31-24)3-2-8-29-22(33)18-12-28-14-32(23(18)34)13-16-4-6-19(25)20(26)10-16/h4-9,11-12,14,29H,3,10,13H2,1-2H3,(H,30,34)(H,31,35)(H2,28,32,33);2-7,9-12,14H,8,13H2,1H3,(H,29,33)(H,27,30,31)/b5-4+,22-20-;3-2+. The van der Waals surface area contributed by atoms with E-state index in [0.717, 1.165) is 61.8 Å². The van der Waals surface area contributed by atoms with Crippen molar-refractivity contribution < 1.29 is 31.9 Å². The average Bonchev–Trinajstić information content (AvgIpc) is 3.35. The molecule has 7 N–H and O–H groups in total. The van der Waals surface area contributed by atoms with Crippen LogP contribution in [-0.2, 0) is 22.7 Å². The summed E-state index contributed by atoms with van der Waals surface area (Å²) in [6.07, 6.45) is 13.3. The van der Waals surface area contributed by atoms with Crippen molar-refractivity contribution in [3.8, 4) is 0 Å². The van der Waals surface area contributed by atoms with Gasteiger partial charge in [0.1, 0.15) is 11.1 Å². The van der Waals surface area contributed by atoms with Crippen LogP contribution < -0.4 is 37.9 Å². The highest BCUT2D eigenvalue weighted by atomic mass is 19.2. The Kier molecular flexibility index (Phi) is 17.0. The van der Waals surface area contributed by atoms with Crippen molar-refractivity contribution in [3.05, 3.63) is 183 Å². The van der Waals surface area contributed by atoms with Crippen LogP contribution in [0.25, 0.3) is 34.0 Å². The number of nitrogens with zero attached hydrogens (tertiary/aromatic N) is 6. The van der Waals surface area contributed by atoms with E-state index >= 15 is 0 Å². The van der Waals surface area contributed by atoms with Gasteiger partial charge in [0.25, 0.3) is 23.3 Å². The third-order valence-corrected chi connectivity index (χ3v) is 10.2. The summed E-state index contributed by atoms with van der Waals surface area (Å²) in [5, 5.41) is 15.4. The van der Waals surface area contributed by atoms with Crippen LogP contribution in [0.4, 0.5) is 29.5 Å². The van der Waals surface area contributed by atoms with Gasteiger partial charge in [-0.2, -0.15) is 0 Å². The first-order chi connectivity index (χ1) is 33.3. The van der Waals surface area contributed by atoms with Crippen LogP contribution in [0.3, 0.4) is 0 Å².